The van der Waals surface area contributed by atoms with Gasteiger partial charge in [-0.3, -0.25) is 4.79 Å². The van der Waals surface area contributed by atoms with Gasteiger partial charge in [-0.1, -0.05) is 33.2 Å². The van der Waals surface area contributed by atoms with E-state index in [-0.39, 0.29) is 5.91 Å². The summed E-state index contributed by atoms with van der Waals surface area (Å²) in [6.45, 7) is 1.76. The van der Waals surface area contributed by atoms with Crippen LogP contribution in [0.1, 0.15) is 16.2 Å². The molecule has 22 heavy (non-hydrogen) atoms. The molecular formula is C16H12BrN3O2. The summed E-state index contributed by atoms with van der Waals surface area (Å²) >= 11 is 3.35. The standard InChI is InChI=1S/C16H12BrN3O2/c1-10-18-16(22-20-10)12-5-3-7-14(9-12)19-15(21)11-4-2-6-13(17)8-11/h2-9H,1H3,(H,19,21). The van der Waals surface area contributed by atoms with E-state index in [2.05, 4.69) is 31.4 Å². The minimum atomic E-state index is -0.180. The van der Waals surface area contributed by atoms with E-state index in [0.717, 1.165) is 10.0 Å². The summed E-state index contributed by atoms with van der Waals surface area (Å²) in [6.07, 6.45) is 0. The number of nitrogens with one attached hydrogen (secondary N) is 1. The van der Waals surface area contributed by atoms with Gasteiger partial charge in [0.1, 0.15) is 0 Å². The number of hydrogen-bond acceptors (Lipinski definition) is 4. The van der Waals surface area contributed by atoms with Crippen LogP contribution in [0.25, 0.3) is 11.5 Å². The van der Waals surface area contributed by atoms with Gasteiger partial charge in [0.25, 0.3) is 11.8 Å². The van der Waals surface area contributed by atoms with Gasteiger partial charge in [0.2, 0.25) is 0 Å². The van der Waals surface area contributed by atoms with E-state index in [1.807, 2.05) is 30.3 Å². The first-order valence-electron chi connectivity index (χ1n) is 6.59. The Morgan fingerprint density at radius 2 is 2.00 bits per heavy atom. The van der Waals surface area contributed by atoms with E-state index in [1.165, 1.54) is 0 Å². The van der Waals surface area contributed by atoms with Crippen LogP contribution >= 0.6 is 15.9 Å². The molecule has 3 aromatic rings. The third-order valence-corrected chi connectivity index (χ3v) is 3.48. The lowest BCUT2D eigenvalue weighted by Gasteiger charge is -2.06. The van der Waals surface area contributed by atoms with Crippen molar-refractivity contribution in [1.29, 1.82) is 0 Å². The van der Waals surface area contributed by atoms with Crippen LogP contribution in [0.2, 0.25) is 0 Å². The number of nitrogens with zero attached hydrogens (tertiary/aromatic N) is 2. The Bertz CT molecular complexity index is 830. The first kappa shape index (κ1) is 14.5. The van der Waals surface area contributed by atoms with Crippen molar-refractivity contribution in [3.05, 3.63) is 64.4 Å². The second-order valence-electron chi connectivity index (χ2n) is 4.69. The molecule has 6 heteroatoms. The fourth-order valence-corrected chi connectivity index (χ4v) is 2.38. The Kier molecular flexibility index (Phi) is 4.02. The summed E-state index contributed by atoms with van der Waals surface area (Å²) in [5.41, 5.74) is 2.00. The van der Waals surface area contributed by atoms with Crippen molar-refractivity contribution in [1.82, 2.24) is 10.1 Å². The van der Waals surface area contributed by atoms with Crippen molar-refractivity contribution >= 4 is 27.5 Å². The van der Waals surface area contributed by atoms with Crippen molar-refractivity contribution in [3.63, 3.8) is 0 Å². The first-order valence-corrected chi connectivity index (χ1v) is 7.39. The second kappa shape index (κ2) is 6.11. The lowest BCUT2D eigenvalue weighted by atomic mass is 10.1. The van der Waals surface area contributed by atoms with Gasteiger partial charge in [-0.2, -0.15) is 4.98 Å². The number of carbonyl (C=O) groups is 1. The molecule has 1 N–H and O–H groups in total. The highest BCUT2D eigenvalue weighted by Gasteiger charge is 2.09. The summed E-state index contributed by atoms with van der Waals surface area (Å²) < 4.78 is 5.99. The Hall–Kier alpha value is -2.47. The third-order valence-electron chi connectivity index (χ3n) is 2.98. The van der Waals surface area contributed by atoms with Crippen molar-refractivity contribution in [2.45, 2.75) is 6.92 Å². The van der Waals surface area contributed by atoms with Crippen LogP contribution < -0.4 is 5.32 Å². The third kappa shape index (κ3) is 3.23. The Balaban J connectivity index is 1.82. The van der Waals surface area contributed by atoms with E-state index >= 15 is 0 Å². The maximum absolute atomic E-state index is 12.2. The predicted octanol–water partition coefficient (Wildman–Crippen LogP) is 4.06. The highest BCUT2D eigenvalue weighted by atomic mass is 79.9. The molecule has 0 aliphatic heterocycles. The molecule has 1 heterocycles. The molecule has 0 atom stereocenters. The zero-order valence-corrected chi connectivity index (χ0v) is 13.3. The minimum absolute atomic E-state index is 0.180. The molecule has 0 saturated heterocycles. The molecule has 0 radical (unpaired) electrons. The summed E-state index contributed by atoms with van der Waals surface area (Å²) in [4.78, 5) is 16.4. The largest absolute Gasteiger partial charge is 0.334 e. The molecule has 110 valence electrons. The molecule has 0 aliphatic rings. The van der Waals surface area contributed by atoms with E-state index in [1.54, 1.807) is 25.1 Å². The molecular weight excluding hydrogens is 346 g/mol. The number of carbonyl (C=O) groups excluding carboxylic acids is 1. The van der Waals surface area contributed by atoms with Crippen molar-refractivity contribution in [3.8, 4) is 11.5 Å². The van der Waals surface area contributed by atoms with Crippen LogP contribution in [0.3, 0.4) is 0 Å². The van der Waals surface area contributed by atoms with Crippen molar-refractivity contribution < 1.29 is 9.32 Å². The number of hydrogen-bond donors (Lipinski definition) is 1. The van der Waals surface area contributed by atoms with Gasteiger partial charge in [0.15, 0.2) is 5.82 Å². The zero-order valence-electron chi connectivity index (χ0n) is 11.7. The highest BCUT2D eigenvalue weighted by molar-refractivity contribution is 9.10. The molecule has 3 rings (SSSR count). The van der Waals surface area contributed by atoms with Gasteiger partial charge in [-0.15, -0.1) is 0 Å². The van der Waals surface area contributed by atoms with Gasteiger partial charge < -0.3 is 9.84 Å². The molecule has 1 aromatic heterocycles. The molecule has 0 unspecified atom stereocenters. The maximum Gasteiger partial charge on any atom is 0.257 e. The lowest BCUT2D eigenvalue weighted by Crippen LogP contribution is -2.11. The molecule has 0 fully saturated rings. The Morgan fingerprint density at radius 1 is 1.18 bits per heavy atom. The summed E-state index contributed by atoms with van der Waals surface area (Å²) in [5.74, 6) is 0.815. The second-order valence-corrected chi connectivity index (χ2v) is 5.61. The zero-order chi connectivity index (χ0) is 15.5. The van der Waals surface area contributed by atoms with Gasteiger partial charge in [0.05, 0.1) is 0 Å². The fourth-order valence-electron chi connectivity index (χ4n) is 1.98. The number of benzene rings is 2. The minimum Gasteiger partial charge on any atom is -0.334 e. The molecule has 0 saturated carbocycles. The number of rotatable bonds is 3. The van der Waals surface area contributed by atoms with Crippen LogP contribution in [0.15, 0.2) is 57.5 Å². The molecule has 0 spiro atoms. The Morgan fingerprint density at radius 3 is 2.73 bits per heavy atom. The smallest absolute Gasteiger partial charge is 0.257 e. The van der Waals surface area contributed by atoms with Gasteiger partial charge in [-0.25, -0.2) is 0 Å². The van der Waals surface area contributed by atoms with Crippen LogP contribution in [-0.4, -0.2) is 16.0 Å². The van der Waals surface area contributed by atoms with Crippen LogP contribution in [-0.2, 0) is 0 Å². The molecule has 5 nitrogen and oxygen atoms in total. The molecule has 0 bridgehead atoms. The van der Waals surface area contributed by atoms with E-state index < -0.39 is 0 Å². The Labute approximate surface area is 135 Å². The van der Waals surface area contributed by atoms with Crippen LogP contribution in [0.5, 0.6) is 0 Å². The quantitative estimate of drug-likeness (QED) is 0.767. The molecule has 1 amide bonds. The summed E-state index contributed by atoms with van der Waals surface area (Å²) in [6, 6.07) is 14.5. The fraction of sp³-hybridized carbons (Fsp3) is 0.0625. The highest BCUT2D eigenvalue weighted by Crippen LogP contribution is 2.21. The van der Waals surface area contributed by atoms with Crippen molar-refractivity contribution in [2.24, 2.45) is 0 Å². The van der Waals surface area contributed by atoms with Crippen LogP contribution in [0, 0.1) is 6.92 Å². The number of aromatic nitrogens is 2. The number of anilines is 1. The number of amides is 1. The van der Waals surface area contributed by atoms with E-state index in [9.17, 15) is 4.79 Å². The van der Waals surface area contributed by atoms with Gasteiger partial charge in [0, 0.05) is 21.3 Å². The summed E-state index contributed by atoms with van der Waals surface area (Å²) in [7, 11) is 0. The number of aryl methyl sites for hydroxylation is 1. The van der Waals surface area contributed by atoms with Gasteiger partial charge in [-0.05, 0) is 43.3 Å². The number of halogens is 1. The normalized spacial score (nSPS) is 10.5. The maximum atomic E-state index is 12.2. The monoisotopic (exact) mass is 357 g/mol. The van der Waals surface area contributed by atoms with E-state index in [4.69, 9.17) is 4.52 Å². The summed E-state index contributed by atoms with van der Waals surface area (Å²) in [5, 5.41) is 6.61. The average Bonchev–Trinajstić information content (AvgIpc) is 2.94. The predicted molar refractivity (Wildman–Crippen MR) is 86.6 cm³/mol. The molecule has 0 aliphatic carbocycles. The first-order chi connectivity index (χ1) is 10.6. The lowest BCUT2D eigenvalue weighted by molar-refractivity contribution is 0.102. The SMILES string of the molecule is Cc1noc(-c2cccc(NC(=O)c3cccc(Br)c3)c2)n1. The molecule has 2 aromatic carbocycles. The average molecular weight is 358 g/mol. The van der Waals surface area contributed by atoms with Crippen LogP contribution in [0.4, 0.5) is 5.69 Å². The topological polar surface area (TPSA) is 68.0 Å². The van der Waals surface area contributed by atoms with Crippen molar-refractivity contribution in [2.75, 3.05) is 5.32 Å². The van der Waals surface area contributed by atoms with E-state index in [0.29, 0.717) is 23.0 Å². The van der Waals surface area contributed by atoms with Gasteiger partial charge >= 0.3 is 0 Å².